The molecule has 7 heteroatoms. The number of benzene rings is 1. The third-order valence-electron chi connectivity index (χ3n) is 6.45. The van der Waals surface area contributed by atoms with Crippen LogP contribution in [0.25, 0.3) is 5.70 Å². The number of furan rings is 1. The minimum atomic E-state index is -0.351. The topological polar surface area (TPSA) is 85.5 Å². The van der Waals surface area contributed by atoms with Crippen molar-refractivity contribution in [3.05, 3.63) is 76.8 Å². The van der Waals surface area contributed by atoms with Gasteiger partial charge in [0.25, 0.3) is 5.95 Å². The van der Waals surface area contributed by atoms with Gasteiger partial charge in [0.1, 0.15) is 12.4 Å². The van der Waals surface area contributed by atoms with E-state index in [9.17, 15) is 0 Å². The summed E-state index contributed by atoms with van der Waals surface area (Å²) in [6.45, 7) is 23.1. The van der Waals surface area contributed by atoms with Crippen LogP contribution in [0, 0.1) is 12.8 Å². The number of nitrogens with zero attached hydrogens (tertiary/aromatic N) is 1. The lowest BCUT2D eigenvalue weighted by Crippen LogP contribution is -2.17. The SMILES string of the molecule is C=C(C)/C(NC(=C)c1ccc(Oc2cc3c(cc2C)COC3(C)C)o1)=C(\N=C(C)OCCO)C(C)CC. The highest BCUT2D eigenvalue weighted by atomic mass is 16.6. The Morgan fingerprint density at radius 1 is 1.24 bits per heavy atom. The van der Waals surface area contributed by atoms with Crippen LogP contribution in [0.4, 0.5) is 0 Å². The van der Waals surface area contributed by atoms with E-state index in [2.05, 4.69) is 52.2 Å². The summed E-state index contributed by atoms with van der Waals surface area (Å²) in [6, 6.07) is 7.74. The van der Waals surface area contributed by atoms with E-state index >= 15 is 0 Å². The summed E-state index contributed by atoms with van der Waals surface area (Å²) in [7, 11) is 0. The maximum Gasteiger partial charge on any atom is 0.290 e. The number of rotatable bonds is 11. The highest BCUT2D eigenvalue weighted by Crippen LogP contribution is 2.40. The number of aryl methyl sites for hydroxylation is 1. The van der Waals surface area contributed by atoms with Crippen LogP contribution in [0.1, 0.15) is 70.4 Å². The van der Waals surface area contributed by atoms with Gasteiger partial charge >= 0.3 is 0 Å². The summed E-state index contributed by atoms with van der Waals surface area (Å²) in [6.07, 6.45) is 0.873. The molecule has 1 atom stereocenters. The molecule has 0 aliphatic carbocycles. The van der Waals surface area contributed by atoms with Gasteiger partial charge in [0, 0.05) is 18.9 Å². The quantitative estimate of drug-likeness (QED) is 0.194. The van der Waals surface area contributed by atoms with Gasteiger partial charge in [-0.15, -0.1) is 0 Å². The van der Waals surface area contributed by atoms with Crippen molar-refractivity contribution in [2.24, 2.45) is 10.9 Å². The molecule has 2 aromatic rings. The minimum Gasteiger partial charge on any atom is -0.478 e. The van der Waals surface area contributed by atoms with Crippen LogP contribution >= 0.6 is 0 Å². The third-order valence-corrected chi connectivity index (χ3v) is 6.45. The molecule has 1 aromatic heterocycles. The molecule has 0 amide bonds. The van der Waals surface area contributed by atoms with Gasteiger partial charge in [0.2, 0.25) is 0 Å². The Morgan fingerprint density at radius 2 is 1.97 bits per heavy atom. The Morgan fingerprint density at radius 3 is 2.62 bits per heavy atom. The largest absolute Gasteiger partial charge is 0.478 e. The Kier molecular flexibility index (Phi) is 9.05. The fourth-order valence-corrected chi connectivity index (χ4v) is 4.12. The molecule has 0 saturated carbocycles. The summed E-state index contributed by atoms with van der Waals surface area (Å²) >= 11 is 0. The van der Waals surface area contributed by atoms with Gasteiger partial charge in [-0.05, 0) is 74.6 Å². The predicted octanol–water partition coefficient (Wildman–Crippen LogP) is 6.97. The van der Waals surface area contributed by atoms with E-state index in [0.29, 0.717) is 29.9 Å². The van der Waals surface area contributed by atoms with Crippen molar-refractivity contribution in [2.75, 3.05) is 13.2 Å². The molecule has 200 valence electrons. The van der Waals surface area contributed by atoms with Gasteiger partial charge in [-0.1, -0.05) is 27.0 Å². The van der Waals surface area contributed by atoms with E-state index in [-0.39, 0.29) is 24.7 Å². The summed E-state index contributed by atoms with van der Waals surface area (Å²) in [5, 5.41) is 12.4. The molecule has 1 aromatic carbocycles. The predicted molar refractivity (Wildman–Crippen MR) is 147 cm³/mol. The second-order valence-electron chi connectivity index (χ2n) is 9.95. The number of hydrogen-bond acceptors (Lipinski definition) is 7. The summed E-state index contributed by atoms with van der Waals surface area (Å²) in [5.74, 6) is 2.24. The Labute approximate surface area is 220 Å². The third kappa shape index (κ3) is 6.73. The van der Waals surface area contributed by atoms with Crippen molar-refractivity contribution in [1.29, 1.82) is 0 Å². The fourth-order valence-electron chi connectivity index (χ4n) is 4.12. The van der Waals surface area contributed by atoms with E-state index < -0.39 is 0 Å². The Balaban J connectivity index is 1.84. The molecule has 2 N–H and O–H groups in total. The summed E-state index contributed by atoms with van der Waals surface area (Å²) < 4.78 is 23.5. The first-order valence-electron chi connectivity index (χ1n) is 12.7. The molecule has 0 spiro atoms. The Bertz CT molecular complexity index is 1220. The van der Waals surface area contributed by atoms with Crippen molar-refractivity contribution in [3.8, 4) is 11.7 Å². The number of aliphatic hydroxyl groups is 1. The van der Waals surface area contributed by atoms with Crippen molar-refractivity contribution >= 4 is 11.6 Å². The lowest BCUT2D eigenvalue weighted by molar-refractivity contribution is -0.00795. The molecule has 1 aliphatic rings. The minimum absolute atomic E-state index is 0.0724. The lowest BCUT2D eigenvalue weighted by Gasteiger charge is -2.20. The van der Waals surface area contributed by atoms with Crippen molar-refractivity contribution < 1.29 is 23.7 Å². The van der Waals surface area contributed by atoms with Gasteiger partial charge in [-0.3, -0.25) is 0 Å². The normalized spacial score (nSPS) is 16.1. The number of fused-ring (bicyclic) bond motifs is 1. The number of nitrogens with one attached hydrogen (secondary N) is 1. The molecule has 7 nitrogen and oxygen atoms in total. The maximum atomic E-state index is 9.06. The number of aliphatic hydroxyl groups excluding tert-OH is 1. The zero-order valence-corrected chi connectivity index (χ0v) is 23.2. The smallest absolute Gasteiger partial charge is 0.290 e. The highest BCUT2D eigenvalue weighted by molar-refractivity contribution is 5.75. The zero-order valence-electron chi connectivity index (χ0n) is 23.2. The average molecular weight is 509 g/mol. The summed E-state index contributed by atoms with van der Waals surface area (Å²) in [5.41, 5.74) is 5.88. The highest BCUT2D eigenvalue weighted by Gasteiger charge is 2.32. The number of aliphatic imine (C=N–C) groups is 1. The first-order chi connectivity index (χ1) is 17.5. The molecule has 0 saturated heterocycles. The monoisotopic (exact) mass is 508 g/mol. The maximum absolute atomic E-state index is 9.06. The lowest BCUT2D eigenvalue weighted by atomic mass is 9.94. The van der Waals surface area contributed by atoms with Gasteiger partial charge in [-0.2, -0.15) is 0 Å². The van der Waals surface area contributed by atoms with Crippen LogP contribution in [-0.4, -0.2) is 24.2 Å². The van der Waals surface area contributed by atoms with Crippen LogP contribution in [0.3, 0.4) is 0 Å². The molecular formula is C30H40N2O5. The molecule has 3 rings (SSSR count). The van der Waals surface area contributed by atoms with E-state index in [1.165, 1.54) is 5.56 Å². The number of allylic oxidation sites excluding steroid dienone is 2. The molecule has 2 heterocycles. The van der Waals surface area contributed by atoms with E-state index in [1.807, 2.05) is 26.0 Å². The van der Waals surface area contributed by atoms with Crippen LogP contribution in [0.2, 0.25) is 0 Å². The Hall–Kier alpha value is -3.29. The summed E-state index contributed by atoms with van der Waals surface area (Å²) in [4.78, 5) is 4.70. The molecule has 0 radical (unpaired) electrons. The van der Waals surface area contributed by atoms with Crippen molar-refractivity contribution in [1.82, 2.24) is 5.32 Å². The van der Waals surface area contributed by atoms with Gasteiger partial charge < -0.3 is 29.1 Å². The molecular weight excluding hydrogens is 468 g/mol. The van der Waals surface area contributed by atoms with E-state index in [0.717, 1.165) is 40.3 Å². The molecule has 0 fully saturated rings. The second-order valence-corrected chi connectivity index (χ2v) is 9.95. The zero-order chi connectivity index (χ0) is 27.3. The van der Waals surface area contributed by atoms with Crippen LogP contribution in [-0.2, 0) is 21.7 Å². The first kappa shape index (κ1) is 28.3. The molecule has 0 bridgehead atoms. The van der Waals surface area contributed by atoms with Gasteiger partial charge in [-0.25, -0.2) is 4.99 Å². The molecule has 37 heavy (non-hydrogen) atoms. The first-order valence-corrected chi connectivity index (χ1v) is 12.7. The number of ether oxygens (including phenoxy) is 3. The van der Waals surface area contributed by atoms with Crippen molar-refractivity contribution in [2.45, 2.75) is 67.1 Å². The molecule has 1 unspecified atom stereocenters. The average Bonchev–Trinajstić information content (AvgIpc) is 3.43. The fraction of sp³-hybridized carbons (Fsp3) is 0.433. The van der Waals surface area contributed by atoms with Crippen LogP contribution < -0.4 is 10.1 Å². The van der Waals surface area contributed by atoms with Crippen LogP contribution in [0.5, 0.6) is 11.7 Å². The molecule has 1 aliphatic heterocycles. The second kappa shape index (κ2) is 11.8. The number of hydrogen-bond donors (Lipinski definition) is 2. The van der Waals surface area contributed by atoms with E-state index in [4.69, 9.17) is 28.7 Å². The van der Waals surface area contributed by atoms with Gasteiger partial charge in [0.15, 0.2) is 11.7 Å². The van der Waals surface area contributed by atoms with E-state index in [1.54, 1.807) is 13.0 Å². The van der Waals surface area contributed by atoms with Crippen molar-refractivity contribution in [3.63, 3.8) is 0 Å². The van der Waals surface area contributed by atoms with Gasteiger partial charge in [0.05, 0.1) is 35.9 Å². The standard InChI is InChI=1S/C30H40N2O5/c1-10-19(4)29(32-22(7)34-14-13-33)28(18(2)3)31-21(6)25-11-12-27(36-25)37-26-16-24-23(15-20(26)5)17-35-30(24,8)9/h11-12,15-16,19,31,33H,2,6,10,13-14,17H2,1,3-5,7-9H3/b29-28+,32-22?. The van der Waals surface area contributed by atoms with Crippen LogP contribution in [0.15, 0.2) is 63.8 Å².